The molecule has 2 aromatic rings. The Balaban J connectivity index is 2.57. The summed E-state index contributed by atoms with van der Waals surface area (Å²) in [6.07, 6.45) is 0. The van der Waals surface area contributed by atoms with Crippen LogP contribution in [0.4, 0.5) is 0 Å². The average molecular weight is 305 g/mol. The zero-order chi connectivity index (χ0) is 15.6. The summed E-state index contributed by atoms with van der Waals surface area (Å²) in [6.45, 7) is 8.89. The number of hydrogen-bond donors (Lipinski definition) is 0. The van der Waals surface area contributed by atoms with Crippen LogP contribution in [0.15, 0.2) is 29.1 Å². The predicted molar refractivity (Wildman–Crippen MR) is 87.8 cm³/mol. The Morgan fingerprint density at radius 3 is 2.48 bits per heavy atom. The number of alkyl halides is 1. The fourth-order valence-electron chi connectivity index (χ4n) is 2.20. The second kappa shape index (κ2) is 6.44. The van der Waals surface area contributed by atoms with Crippen LogP contribution in [-0.2, 0) is 12.4 Å². The van der Waals surface area contributed by atoms with Gasteiger partial charge in [0.05, 0.1) is 11.6 Å². The minimum atomic E-state index is -0.0914. The SMILES string of the molecule is Cc1ccc(-c2cc(CCl)c(=O)n(CC(C)C)n2)cc1C. The van der Waals surface area contributed by atoms with Crippen molar-refractivity contribution in [3.05, 3.63) is 51.3 Å². The Morgan fingerprint density at radius 2 is 1.90 bits per heavy atom. The molecule has 112 valence electrons. The highest BCUT2D eigenvalue weighted by Crippen LogP contribution is 2.20. The normalized spacial score (nSPS) is 11.1. The average Bonchev–Trinajstić information content (AvgIpc) is 2.43. The Bertz CT molecular complexity index is 704. The Kier molecular flexibility index (Phi) is 4.84. The maximum absolute atomic E-state index is 12.3. The molecule has 3 nitrogen and oxygen atoms in total. The van der Waals surface area contributed by atoms with Crippen LogP contribution in [0.5, 0.6) is 0 Å². The van der Waals surface area contributed by atoms with E-state index < -0.39 is 0 Å². The number of aryl methyl sites for hydroxylation is 2. The summed E-state index contributed by atoms with van der Waals surface area (Å²) in [5, 5.41) is 4.51. The van der Waals surface area contributed by atoms with Crippen LogP contribution < -0.4 is 5.56 Å². The van der Waals surface area contributed by atoms with Crippen molar-refractivity contribution >= 4 is 11.6 Å². The fourth-order valence-corrected chi connectivity index (χ4v) is 2.40. The number of rotatable bonds is 4. The molecule has 1 heterocycles. The second-order valence-electron chi connectivity index (χ2n) is 5.87. The van der Waals surface area contributed by atoms with Gasteiger partial charge in [0.15, 0.2) is 0 Å². The molecule has 0 atom stereocenters. The van der Waals surface area contributed by atoms with E-state index in [-0.39, 0.29) is 11.4 Å². The Morgan fingerprint density at radius 1 is 1.19 bits per heavy atom. The molecule has 0 radical (unpaired) electrons. The highest BCUT2D eigenvalue weighted by Gasteiger charge is 2.11. The van der Waals surface area contributed by atoms with Crippen molar-refractivity contribution in [3.8, 4) is 11.3 Å². The maximum atomic E-state index is 12.3. The van der Waals surface area contributed by atoms with Crippen LogP contribution in [-0.4, -0.2) is 9.78 Å². The van der Waals surface area contributed by atoms with Gasteiger partial charge in [-0.15, -0.1) is 11.6 Å². The van der Waals surface area contributed by atoms with Crippen molar-refractivity contribution in [3.63, 3.8) is 0 Å². The highest BCUT2D eigenvalue weighted by molar-refractivity contribution is 6.17. The van der Waals surface area contributed by atoms with Gasteiger partial charge < -0.3 is 0 Å². The zero-order valence-electron chi connectivity index (χ0n) is 13.0. The van der Waals surface area contributed by atoms with Crippen molar-refractivity contribution in [2.75, 3.05) is 0 Å². The van der Waals surface area contributed by atoms with Crippen molar-refractivity contribution in [2.24, 2.45) is 5.92 Å². The summed E-state index contributed by atoms with van der Waals surface area (Å²) in [4.78, 5) is 12.3. The summed E-state index contributed by atoms with van der Waals surface area (Å²) in [5.41, 5.74) is 4.78. The largest absolute Gasteiger partial charge is 0.271 e. The number of halogens is 1. The second-order valence-corrected chi connectivity index (χ2v) is 6.14. The molecule has 0 fully saturated rings. The van der Waals surface area contributed by atoms with Gasteiger partial charge >= 0.3 is 0 Å². The first-order valence-electron chi connectivity index (χ1n) is 7.17. The molecule has 0 aliphatic rings. The van der Waals surface area contributed by atoms with E-state index in [0.717, 1.165) is 11.3 Å². The van der Waals surface area contributed by atoms with Crippen molar-refractivity contribution < 1.29 is 0 Å². The fraction of sp³-hybridized carbons (Fsp3) is 0.412. The molecule has 0 amide bonds. The van der Waals surface area contributed by atoms with Crippen LogP contribution in [0.3, 0.4) is 0 Å². The first kappa shape index (κ1) is 15.8. The predicted octanol–water partition coefficient (Wildman–Crippen LogP) is 3.92. The summed E-state index contributed by atoms with van der Waals surface area (Å²) in [7, 11) is 0. The lowest BCUT2D eigenvalue weighted by Crippen LogP contribution is -2.28. The number of hydrogen-bond acceptors (Lipinski definition) is 2. The van der Waals surface area contributed by atoms with Gasteiger partial charge in [-0.25, -0.2) is 4.68 Å². The van der Waals surface area contributed by atoms with Crippen LogP contribution in [0.25, 0.3) is 11.3 Å². The van der Waals surface area contributed by atoms with Gasteiger partial charge in [0.1, 0.15) is 0 Å². The van der Waals surface area contributed by atoms with Gasteiger partial charge in [-0.05, 0) is 43.0 Å². The van der Waals surface area contributed by atoms with Crippen LogP contribution in [0.1, 0.15) is 30.5 Å². The smallest absolute Gasteiger partial charge is 0.267 e. The van der Waals surface area contributed by atoms with E-state index in [1.807, 2.05) is 6.07 Å². The molecule has 1 aromatic heterocycles. The Hall–Kier alpha value is -1.61. The molecular formula is C17H21ClN2O. The zero-order valence-corrected chi connectivity index (χ0v) is 13.7. The third-order valence-electron chi connectivity index (χ3n) is 3.53. The van der Waals surface area contributed by atoms with Crippen LogP contribution in [0, 0.1) is 19.8 Å². The lowest BCUT2D eigenvalue weighted by Gasteiger charge is -2.12. The summed E-state index contributed by atoms with van der Waals surface area (Å²) < 4.78 is 1.53. The van der Waals surface area contributed by atoms with Crippen LogP contribution in [0.2, 0.25) is 0 Å². The van der Waals surface area contributed by atoms with Gasteiger partial charge in [0, 0.05) is 17.7 Å². The molecule has 0 bridgehead atoms. The van der Waals surface area contributed by atoms with E-state index >= 15 is 0 Å². The first-order valence-corrected chi connectivity index (χ1v) is 7.70. The summed E-state index contributed by atoms with van der Waals surface area (Å²) in [6, 6.07) is 8.01. The minimum Gasteiger partial charge on any atom is -0.267 e. The molecular weight excluding hydrogens is 284 g/mol. The van der Waals surface area contributed by atoms with Gasteiger partial charge in [-0.1, -0.05) is 26.0 Å². The number of benzene rings is 1. The van der Waals surface area contributed by atoms with Gasteiger partial charge in [0.25, 0.3) is 5.56 Å². The topological polar surface area (TPSA) is 34.9 Å². The molecule has 21 heavy (non-hydrogen) atoms. The Labute approximate surface area is 130 Å². The molecule has 0 aliphatic heterocycles. The van der Waals surface area contributed by atoms with E-state index in [9.17, 15) is 4.79 Å². The molecule has 0 N–H and O–H groups in total. The molecule has 0 unspecified atom stereocenters. The lowest BCUT2D eigenvalue weighted by atomic mass is 10.0. The maximum Gasteiger partial charge on any atom is 0.271 e. The monoisotopic (exact) mass is 304 g/mol. The third kappa shape index (κ3) is 3.53. The van der Waals surface area contributed by atoms with E-state index in [1.54, 1.807) is 6.07 Å². The number of nitrogens with zero attached hydrogens (tertiary/aromatic N) is 2. The van der Waals surface area contributed by atoms with Crippen LogP contribution >= 0.6 is 11.6 Å². The van der Waals surface area contributed by atoms with Gasteiger partial charge in [-0.2, -0.15) is 5.10 Å². The lowest BCUT2D eigenvalue weighted by molar-refractivity contribution is 0.463. The molecule has 4 heteroatoms. The highest BCUT2D eigenvalue weighted by atomic mass is 35.5. The molecule has 1 aromatic carbocycles. The third-order valence-corrected chi connectivity index (χ3v) is 3.82. The van der Waals surface area contributed by atoms with Crippen molar-refractivity contribution in [2.45, 2.75) is 40.1 Å². The van der Waals surface area contributed by atoms with Crippen molar-refractivity contribution in [1.82, 2.24) is 9.78 Å². The van der Waals surface area contributed by atoms with Gasteiger partial charge in [-0.3, -0.25) is 4.79 Å². The van der Waals surface area contributed by atoms with E-state index in [1.165, 1.54) is 15.8 Å². The number of aromatic nitrogens is 2. The first-order chi connectivity index (χ1) is 9.92. The van der Waals surface area contributed by atoms with E-state index in [2.05, 4.69) is 44.9 Å². The summed E-state index contributed by atoms with van der Waals surface area (Å²) in [5.74, 6) is 0.561. The standard InChI is InChI=1S/C17H21ClN2O/c1-11(2)10-20-17(21)15(9-18)8-16(19-20)14-6-5-12(3)13(4)7-14/h5-8,11H,9-10H2,1-4H3. The van der Waals surface area contributed by atoms with Crippen molar-refractivity contribution in [1.29, 1.82) is 0 Å². The minimum absolute atomic E-state index is 0.0914. The molecule has 0 aliphatic carbocycles. The quantitative estimate of drug-likeness (QED) is 0.802. The van der Waals surface area contributed by atoms with E-state index in [4.69, 9.17) is 11.6 Å². The van der Waals surface area contributed by atoms with E-state index in [0.29, 0.717) is 18.0 Å². The summed E-state index contributed by atoms with van der Waals surface area (Å²) >= 11 is 5.92. The molecule has 0 saturated carbocycles. The molecule has 0 spiro atoms. The molecule has 2 rings (SSSR count). The van der Waals surface area contributed by atoms with Gasteiger partial charge in [0.2, 0.25) is 0 Å². The molecule has 0 saturated heterocycles.